The standard InChI is InChI=1S/C22H23N5O4/c1-2-31-18-10-8-17(9-11-18)25-12-13-26-20(29)21(30)27(24-22(25)26)15-19(28)23-14-16-6-4-3-5-7-16/h3-11,22H,2,12-15H2,1H3/p+1. The van der Waals surface area contributed by atoms with Crippen molar-refractivity contribution in [2.24, 2.45) is 5.11 Å². The molecule has 2 heterocycles. The molecule has 0 saturated carbocycles. The minimum atomic E-state index is -0.792. The Kier molecular flexibility index (Phi) is 5.92. The number of carbonyl (C=O) groups excluding carboxylic acids is 3. The summed E-state index contributed by atoms with van der Waals surface area (Å²) < 4.78 is 6.44. The summed E-state index contributed by atoms with van der Waals surface area (Å²) in [5, 5.41) is 7.17. The summed E-state index contributed by atoms with van der Waals surface area (Å²) in [7, 11) is 0. The number of nitrogens with zero attached hydrogens (tertiary/aromatic N) is 4. The zero-order chi connectivity index (χ0) is 21.8. The number of hydrogen-bond acceptors (Lipinski definition) is 6. The Bertz CT molecular complexity index is 1010. The Morgan fingerprint density at radius 2 is 1.81 bits per heavy atom. The van der Waals surface area contributed by atoms with E-state index >= 15 is 0 Å². The van der Waals surface area contributed by atoms with Crippen LogP contribution in [-0.4, -0.2) is 59.8 Å². The molecule has 0 aromatic heterocycles. The number of hydrogen-bond donors (Lipinski definition) is 1. The van der Waals surface area contributed by atoms with Crippen LogP contribution >= 0.6 is 0 Å². The Morgan fingerprint density at radius 3 is 2.52 bits per heavy atom. The van der Waals surface area contributed by atoms with Gasteiger partial charge in [-0.15, -0.1) is 0 Å². The molecule has 2 aromatic carbocycles. The summed E-state index contributed by atoms with van der Waals surface area (Å²) in [5.74, 6) is -1.07. The van der Waals surface area contributed by atoms with Crippen molar-refractivity contribution in [3.63, 3.8) is 0 Å². The average Bonchev–Trinajstić information content (AvgIpc) is 3.21. The third-order valence-corrected chi connectivity index (χ3v) is 5.17. The molecule has 0 radical (unpaired) electrons. The summed E-state index contributed by atoms with van der Waals surface area (Å²) in [6.45, 7) is 3.45. The largest absolute Gasteiger partial charge is 0.502 e. The first-order valence-electron chi connectivity index (χ1n) is 10.2. The molecule has 4 rings (SSSR count). The van der Waals surface area contributed by atoms with Gasteiger partial charge in [0.15, 0.2) is 0 Å². The Hall–Kier alpha value is -3.75. The van der Waals surface area contributed by atoms with E-state index in [1.54, 1.807) is 0 Å². The van der Waals surface area contributed by atoms with E-state index in [1.807, 2.05) is 66.4 Å². The molecule has 1 fully saturated rings. The molecule has 9 nitrogen and oxygen atoms in total. The maximum absolute atomic E-state index is 12.6. The zero-order valence-corrected chi connectivity index (χ0v) is 17.2. The maximum atomic E-state index is 12.6. The summed E-state index contributed by atoms with van der Waals surface area (Å²) >= 11 is 0. The van der Waals surface area contributed by atoms with Crippen LogP contribution < -0.4 is 15.0 Å². The molecule has 1 unspecified atom stereocenters. The molecule has 9 heteroatoms. The van der Waals surface area contributed by atoms with Gasteiger partial charge in [0.05, 0.1) is 6.61 Å². The molecule has 160 valence electrons. The monoisotopic (exact) mass is 422 g/mol. The second kappa shape index (κ2) is 8.95. The lowest BCUT2D eigenvalue weighted by atomic mass is 10.2. The van der Waals surface area contributed by atoms with Crippen LogP contribution in [0.15, 0.2) is 59.7 Å². The summed E-state index contributed by atoms with van der Waals surface area (Å²) in [5.41, 5.74) is 1.80. The van der Waals surface area contributed by atoms with E-state index in [0.29, 0.717) is 26.2 Å². The maximum Gasteiger partial charge on any atom is 0.502 e. The zero-order valence-electron chi connectivity index (χ0n) is 17.2. The highest BCUT2D eigenvalue weighted by atomic mass is 16.5. The van der Waals surface area contributed by atoms with Crippen LogP contribution in [0.5, 0.6) is 5.75 Å². The SMILES string of the molecule is CCOc1ccc(N2CCN3C(=O)C(=O)[N+](CC(=O)NCc4ccccc4)=NC32)cc1. The fraction of sp³-hybridized carbons (Fsp3) is 0.318. The van der Waals surface area contributed by atoms with E-state index in [9.17, 15) is 14.4 Å². The van der Waals surface area contributed by atoms with Gasteiger partial charge >= 0.3 is 11.8 Å². The fourth-order valence-electron chi connectivity index (χ4n) is 3.62. The van der Waals surface area contributed by atoms with Gasteiger partial charge < -0.3 is 15.0 Å². The smallest absolute Gasteiger partial charge is 0.494 e. The number of rotatable bonds is 7. The minimum Gasteiger partial charge on any atom is -0.494 e. The molecule has 0 aliphatic carbocycles. The number of carbonyl (C=O) groups is 3. The van der Waals surface area contributed by atoms with E-state index in [2.05, 4.69) is 10.4 Å². The molecule has 2 aliphatic rings. The molecule has 2 aliphatic heterocycles. The van der Waals surface area contributed by atoms with Crippen molar-refractivity contribution in [1.82, 2.24) is 10.2 Å². The summed E-state index contributed by atoms with van der Waals surface area (Å²) in [6.07, 6.45) is -0.662. The second-order valence-electron chi connectivity index (χ2n) is 7.21. The van der Waals surface area contributed by atoms with Gasteiger partial charge in [0.2, 0.25) is 0 Å². The van der Waals surface area contributed by atoms with E-state index in [4.69, 9.17) is 4.74 Å². The van der Waals surface area contributed by atoms with E-state index in [-0.39, 0.29) is 12.5 Å². The van der Waals surface area contributed by atoms with Gasteiger partial charge in [-0.1, -0.05) is 30.3 Å². The normalized spacial score (nSPS) is 18.0. The number of ether oxygens (including phenoxy) is 1. The fourth-order valence-corrected chi connectivity index (χ4v) is 3.62. The molecule has 1 atom stereocenters. The van der Waals surface area contributed by atoms with Crippen molar-refractivity contribution in [2.45, 2.75) is 19.8 Å². The van der Waals surface area contributed by atoms with Gasteiger partial charge in [-0.05, 0) is 41.5 Å². The van der Waals surface area contributed by atoms with Crippen LogP contribution in [-0.2, 0) is 20.9 Å². The van der Waals surface area contributed by atoms with Crippen LogP contribution in [0.4, 0.5) is 5.69 Å². The van der Waals surface area contributed by atoms with Gasteiger partial charge in [0, 0.05) is 30.4 Å². The van der Waals surface area contributed by atoms with Crippen molar-refractivity contribution >= 4 is 23.4 Å². The first-order chi connectivity index (χ1) is 15.1. The van der Waals surface area contributed by atoms with Crippen molar-refractivity contribution in [3.05, 3.63) is 60.2 Å². The van der Waals surface area contributed by atoms with Gasteiger partial charge in [-0.3, -0.25) is 14.5 Å². The highest BCUT2D eigenvalue weighted by Gasteiger charge is 2.49. The number of fused-ring (bicyclic) bond motifs is 1. The predicted octanol–water partition coefficient (Wildman–Crippen LogP) is 1.34. The predicted molar refractivity (Wildman–Crippen MR) is 111 cm³/mol. The van der Waals surface area contributed by atoms with Crippen LogP contribution in [0.1, 0.15) is 12.5 Å². The molecule has 3 amide bonds. The minimum absolute atomic E-state index is 0.307. The van der Waals surface area contributed by atoms with Crippen molar-refractivity contribution in [3.8, 4) is 5.75 Å². The number of nitrogens with one attached hydrogen (secondary N) is 1. The highest BCUT2D eigenvalue weighted by molar-refractivity contribution is 6.31. The number of azo groups is 2. The summed E-state index contributed by atoms with van der Waals surface area (Å²) in [4.78, 5) is 40.8. The molecule has 1 saturated heterocycles. The summed E-state index contributed by atoms with van der Waals surface area (Å²) in [6, 6.07) is 16.9. The average molecular weight is 422 g/mol. The molecule has 2 aromatic rings. The Labute approximate surface area is 179 Å². The molecule has 0 bridgehead atoms. The van der Waals surface area contributed by atoms with Gasteiger partial charge in [0.1, 0.15) is 5.75 Å². The van der Waals surface area contributed by atoms with E-state index in [1.165, 1.54) is 4.90 Å². The quantitative estimate of drug-likeness (QED) is 0.537. The second-order valence-corrected chi connectivity index (χ2v) is 7.21. The lowest BCUT2D eigenvalue weighted by Gasteiger charge is -2.27. The Morgan fingerprint density at radius 1 is 1.10 bits per heavy atom. The highest BCUT2D eigenvalue weighted by Crippen LogP contribution is 2.28. The van der Waals surface area contributed by atoms with Crippen LogP contribution in [0.3, 0.4) is 0 Å². The van der Waals surface area contributed by atoms with Gasteiger partial charge in [0.25, 0.3) is 18.7 Å². The third kappa shape index (κ3) is 4.40. The van der Waals surface area contributed by atoms with Gasteiger partial charge in [-0.2, -0.15) is 0 Å². The first-order valence-corrected chi connectivity index (χ1v) is 10.2. The molecule has 0 spiro atoms. The lowest BCUT2D eigenvalue weighted by Crippen LogP contribution is -2.53. The third-order valence-electron chi connectivity index (χ3n) is 5.17. The molecule has 31 heavy (non-hydrogen) atoms. The molecule has 1 N–H and O–H groups in total. The van der Waals surface area contributed by atoms with Crippen molar-refractivity contribution in [2.75, 3.05) is 31.1 Å². The number of anilines is 1. The topological polar surface area (TPSA) is 94.3 Å². The number of amides is 3. The van der Waals surface area contributed by atoms with Gasteiger partial charge in [-0.25, -0.2) is 4.79 Å². The Balaban J connectivity index is 1.48. The van der Waals surface area contributed by atoms with E-state index in [0.717, 1.165) is 21.7 Å². The molecular weight excluding hydrogens is 398 g/mol. The van der Waals surface area contributed by atoms with Crippen LogP contribution in [0.25, 0.3) is 0 Å². The van der Waals surface area contributed by atoms with Crippen molar-refractivity contribution in [1.29, 1.82) is 0 Å². The molecular formula is C22H24N5O4+. The van der Waals surface area contributed by atoms with Crippen molar-refractivity contribution < 1.29 is 23.8 Å². The van der Waals surface area contributed by atoms with E-state index < -0.39 is 18.1 Å². The lowest BCUT2D eigenvalue weighted by molar-refractivity contribution is -0.509. The number of benzene rings is 2. The van der Waals surface area contributed by atoms with Crippen LogP contribution in [0, 0.1) is 0 Å². The van der Waals surface area contributed by atoms with Crippen LogP contribution in [0.2, 0.25) is 0 Å². The first kappa shape index (κ1) is 20.5.